The summed E-state index contributed by atoms with van der Waals surface area (Å²) in [5, 5.41) is 20.8. The Hall–Kier alpha value is -2.77. The number of hydroxylamine groups is 1. The van der Waals surface area contributed by atoms with Gasteiger partial charge in [0.1, 0.15) is 6.04 Å². The van der Waals surface area contributed by atoms with Crippen molar-refractivity contribution in [3.8, 4) is 0 Å². The number of hydrogen-bond donors (Lipinski definition) is 4. The van der Waals surface area contributed by atoms with Gasteiger partial charge in [0.2, 0.25) is 5.91 Å². The van der Waals surface area contributed by atoms with Gasteiger partial charge < -0.3 is 5.11 Å². The first kappa shape index (κ1) is 17.6. The van der Waals surface area contributed by atoms with Crippen molar-refractivity contribution in [3.05, 3.63) is 65.5 Å². The van der Waals surface area contributed by atoms with Gasteiger partial charge in [0.25, 0.3) is 0 Å². The van der Waals surface area contributed by atoms with E-state index in [0.29, 0.717) is 18.5 Å². The van der Waals surface area contributed by atoms with Crippen molar-refractivity contribution >= 4 is 11.9 Å². The number of hydrogen-bond acceptors (Lipinski definition) is 5. The van der Waals surface area contributed by atoms with E-state index in [1.54, 1.807) is 42.0 Å². The quantitative estimate of drug-likeness (QED) is 0.431. The zero-order valence-electron chi connectivity index (χ0n) is 13.0. The van der Waals surface area contributed by atoms with Gasteiger partial charge in [0, 0.05) is 24.9 Å². The van der Waals surface area contributed by atoms with Gasteiger partial charge in [-0.25, -0.2) is 5.48 Å². The lowest BCUT2D eigenvalue weighted by Gasteiger charge is -2.15. The van der Waals surface area contributed by atoms with Crippen LogP contribution in [-0.2, 0) is 22.6 Å². The lowest BCUT2D eigenvalue weighted by Crippen LogP contribution is -2.28. The van der Waals surface area contributed by atoms with Crippen molar-refractivity contribution in [1.29, 1.82) is 0 Å². The molecule has 7 heteroatoms. The second-order valence-electron chi connectivity index (χ2n) is 5.26. The van der Waals surface area contributed by atoms with Crippen molar-refractivity contribution in [1.82, 2.24) is 15.8 Å². The summed E-state index contributed by atoms with van der Waals surface area (Å²) < 4.78 is 0. The summed E-state index contributed by atoms with van der Waals surface area (Å²) in [4.78, 5) is 26.6. The van der Waals surface area contributed by atoms with Crippen LogP contribution < -0.4 is 10.8 Å². The van der Waals surface area contributed by atoms with Crippen LogP contribution in [0.15, 0.2) is 48.7 Å². The Bertz CT molecular complexity index is 674. The van der Waals surface area contributed by atoms with E-state index < -0.39 is 17.9 Å². The lowest BCUT2D eigenvalue weighted by atomic mass is 10.1. The summed E-state index contributed by atoms with van der Waals surface area (Å²) in [6.45, 7) is 0.357. The monoisotopic (exact) mass is 329 g/mol. The Morgan fingerprint density at radius 2 is 1.88 bits per heavy atom. The molecule has 1 heterocycles. The van der Waals surface area contributed by atoms with Crippen LogP contribution in [-0.4, -0.2) is 27.2 Å². The van der Waals surface area contributed by atoms with Gasteiger partial charge in [-0.15, -0.1) is 0 Å². The number of carboxylic acids is 1. The fourth-order valence-electron chi connectivity index (χ4n) is 2.22. The Kier molecular flexibility index (Phi) is 6.41. The summed E-state index contributed by atoms with van der Waals surface area (Å²) in [7, 11) is 0. The van der Waals surface area contributed by atoms with Crippen molar-refractivity contribution in [2.45, 2.75) is 25.4 Å². The van der Waals surface area contributed by atoms with Gasteiger partial charge in [-0.05, 0) is 23.6 Å². The standard InChI is InChI=1S/C17H19N3O4/c21-15(20-24)9-8-14-7-6-12(10-18-14)11-19-16(17(22)23)13-4-2-1-3-5-13/h1-7,10,16,19,24H,8-9,11H2,(H,20,21)(H,22,23)/t16-/m0/s1. The molecule has 0 spiro atoms. The number of benzene rings is 1. The minimum absolute atomic E-state index is 0.149. The van der Waals surface area contributed by atoms with Crippen molar-refractivity contribution < 1.29 is 19.9 Å². The number of nitrogens with one attached hydrogen (secondary N) is 2. The van der Waals surface area contributed by atoms with E-state index in [4.69, 9.17) is 5.21 Å². The third-order valence-electron chi connectivity index (χ3n) is 3.51. The highest BCUT2D eigenvalue weighted by molar-refractivity contribution is 5.75. The molecule has 2 aromatic rings. The van der Waals surface area contributed by atoms with E-state index in [-0.39, 0.29) is 6.42 Å². The van der Waals surface area contributed by atoms with Crippen molar-refractivity contribution in [3.63, 3.8) is 0 Å². The zero-order valence-corrected chi connectivity index (χ0v) is 13.0. The molecule has 4 N–H and O–H groups in total. The molecule has 126 valence electrons. The van der Waals surface area contributed by atoms with E-state index in [1.165, 1.54) is 0 Å². The predicted octanol–water partition coefficient (Wildman–Crippen LogP) is 1.44. The number of aromatic nitrogens is 1. The molecule has 0 saturated heterocycles. The first-order valence-electron chi connectivity index (χ1n) is 7.48. The van der Waals surface area contributed by atoms with Crippen LogP contribution >= 0.6 is 0 Å². The van der Waals surface area contributed by atoms with Crippen LogP contribution in [0.4, 0.5) is 0 Å². The molecule has 0 bridgehead atoms. The van der Waals surface area contributed by atoms with Crippen LogP contribution in [0.25, 0.3) is 0 Å². The van der Waals surface area contributed by atoms with Gasteiger partial charge in [0.05, 0.1) is 0 Å². The van der Waals surface area contributed by atoms with Crippen LogP contribution in [0.5, 0.6) is 0 Å². The number of aliphatic carboxylic acids is 1. The van der Waals surface area contributed by atoms with Crippen molar-refractivity contribution in [2.75, 3.05) is 0 Å². The molecule has 0 aliphatic heterocycles. The third kappa shape index (κ3) is 5.15. The van der Waals surface area contributed by atoms with E-state index in [2.05, 4.69) is 10.3 Å². The van der Waals surface area contributed by atoms with Gasteiger partial charge in [0.15, 0.2) is 0 Å². The summed E-state index contributed by atoms with van der Waals surface area (Å²) in [6, 6.07) is 11.8. The Morgan fingerprint density at radius 3 is 2.46 bits per heavy atom. The minimum atomic E-state index is -0.944. The van der Waals surface area contributed by atoms with E-state index >= 15 is 0 Å². The van der Waals surface area contributed by atoms with Crippen molar-refractivity contribution in [2.24, 2.45) is 0 Å². The molecule has 0 unspecified atom stereocenters. The maximum Gasteiger partial charge on any atom is 0.325 e. The summed E-state index contributed by atoms with van der Waals surface area (Å²) in [5.41, 5.74) is 3.82. The van der Waals surface area contributed by atoms with Gasteiger partial charge in [-0.2, -0.15) is 0 Å². The van der Waals surface area contributed by atoms with E-state index in [9.17, 15) is 14.7 Å². The highest BCUT2D eigenvalue weighted by Crippen LogP contribution is 2.14. The highest BCUT2D eigenvalue weighted by Gasteiger charge is 2.18. The van der Waals surface area contributed by atoms with Crippen LogP contribution in [0.1, 0.15) is 29.3 Å². The number of aryl methyl sites for hydroxylation is 1. The maximum atomic E-state index is 11.4. The second-order valence-corrected chi connectivity index (χ2v) is 5.26. The normalized spacial score (nSPS) is 11.7. The van der Waals surface area contributed by atoms with Gasteiger partial charge >= 0.3 is 5.97 Å². The smallest absolute Gasteiger partial charge is 0.325 e. The van der Waals surface area contributed by atoms with Crippen LogP contribution in [0.3, 0.4) is 0 Å². The number of rotatable bonds is 8. The average molecular weight is 329 g/mol. The lowest BCUT2D eigenvalue weighted by molar-refractivity contribution is -0.139. The molecule has 1 atom stereocenters. The molecule has 0 aliphatic carbocycles. The molecule has 0 saturated carbocycles. The Morgan fingerprint density at radius 1 is 1.12 bits per heavy atom. The predicted molar refractivity (Wildman–Crippen MR) is 86.1 cm³/mol. The minimum Gasteiger partial charge on any atom is -0.480 e. The average Bonchev–Trinajstić information content (AvgIpc) is 2.61. The Labute approximate surface area is 139 Å². The number of amides is 1. The van der Waals surface area contributed by atoms with E-state index in [1.807, 2.05) is 12.1 Å². The number of carboxylic acid groups (broad SMARTS) is 1. The molecule has 0 fully saturated rings. The maximum absolute atomic E-state index is 11.4. The second kappa shape index (κ2) is 8.76. The van der Waals surface area contributed by atoms with Gasteiger partial charge in [-0.1, -0.05) is 36.4 Å². The molecule has 1 aromatic carbocycles. The molecular formula is C17H19N3O4. The number of carbonyl (C=O) groups excluding carboxylic acids is 1. The fraction of sp³-hybridized carbons (Fsp3) is 0.235. The first-order chi connectivity index (χ1) is 11.6. The van der Waals surface area contributed by atoms with E-state index in [0.717, 1.165) is 11.3 Å². The first-order valence-corrected chi connectivity index (χ1v) is 7.48. The largest absolute Gasteiger partial charge is 0.480 e. The SMILES string of the molecule is O=C(CCc1ccc(CN[C@H](C(=O)O)c2ccccc2)cn1)NO. The molecule has 24 heavy (non-hydrogen) atoms. The molecule has 1 aromatic heterocycles. The molecule has 1 amide bonds. The van der Waals surface area contributed by atoms with Crippen LogP contribution in [0, 0.1) is 0 Å². The Balaban J connectivity index is 1.93. The zero-order chi connectivity index (χ0) is 17.4. The highest BCUT2D eigenvalue weighted by atomic mass is 16.5. The summed E-state index contributed by atoms with van der Waals surface area (Å²) in [6.07, 6.45) is 2.21. The molecular weight excluding hydrogens is 310 g/mol. The number of nitrogens with zero attached hydrogens (tertiary/aromatic N) is 1. The summed E-state index contributed by atoms with van der Waals surface area (Å²) in [5.74, 6) is -1.41. The molecule has 2 rings (SSSR count). The van der Waals surface area contributed by atoms with Gasteiger partial charge in [-0.3, -0.25) is 25.1 Å². The fourth-order valence-corrected chi connectivity index (χ4v) is 2.22. The molecule has 0 radical (unpaired) electrons. The molecule has 0 aliphatic rings. The number of carbonyl (C=O) groups is 2. The summed E-state index contributed by atoms with van der Waals surface area (Å²) >= 11 is 0. The number of pyridine rings is 1. The topological polar surface area (TPSA) is 112 Å². The third-order valence-corrected chi connectivity index (χ3v) is 3.51. The molecule has 7 nitrogen and oxygen atoms in total. The van der Waals surface area contributed by atoms with Crippen LogP contribution in [0.2, 0.25) is 0 Å².